The molecule has 2 aliphatic rings. The van der Waals surface area contributed by atoms with Crippen LogP contribution in [0.15, 0.2) is 53.6 Å². The molecule has 0 spiro atoms. The van der Waals surface area contributed by atoms with Crippen LogP contribution in [0.1, 0.15) is 25.3 Å². The number of hydrogen-bond acceptors (Lipinski definition) is 3. The molecule has 0 unspecified atom stereocenters. The quantitative estimate of drug-likeness (QED) is 0.461. The van der Waals surface area contributed by atoms with Crippen LogP contribution in [0.5, 0.6) is 0 Å². The fourth-order valence-corrected chi connectivity index (χ4v) is 3.70. The van der Waals surface area contributed by atoms with E-state index in [0.717, 1.165) is 58.1 Å². The Balaban J connectivity index is 1.42. The highest BCUT2D eigenvalue weighted by Gasteiger charge is 2.19. The summed E-state index contributed by atoms with van der Waals surface area (Å²) in [5.41, 5.74) is 3.80. The van der Waals surface area contributed by atoms with E-state index in [9.17, 15) is 0 Å². The van der Waals surface area contributed by atoms with Crippen molar-refractivity contribution in [2.24, 2.45) is 4.99 Å². The maximum atomic E-state index is 4.40. The van der Waals surface area contributed by atoms with Gasteiger partial charge in [0.2, 0.25) is 0 Å². The van der Waals surface area contributed by atoms with Crippen LogP contribution in [0.3, 0.4) is 0 Å². The molecule has 0 saturated carbocycles. The summed E-state index contributed by atoms with van der Waals surface area (Å²) in [7, 11) is 1.84. The van der Waals surface area contributed by atoms with Crippen LogP contribution in [0.25, 0.3) is 0 Å². The number of hydrogen-bond donors (Lipinski definition) is 2. The Labute approximate surface area is 163 Å². The van der Waals surface area contributed by atoms with Crippen molar-refractivity contribution < 1.29 is 0 Å². The molecule has 2 aliphatic heterocycles. The summed E-state index contributed by atoms with van der Waals surface area (Å²) < 4.78 is 0. The van der Waals surface area contributed by atoms with Gasteiger partial charge in [0.15, 0.2) is 5.96 Å². The zero-order chi connectivity index (χ0) is 19.1. The third-order valence-corrected chi connectivity index (χ3v) is 5.23. The normalized spacial score (nSPS) is 18.7. The average molecular weight is 368 g/mol. The van der Waals surface area contributed by atoms with Gasteiger partial charge in [-0.2, -0.15) is 0 Å². The predicted octanol–water partition coefficient (Wildman–Crippen LogP) is 2.77. The molecule has 5 heteroatoms. The van der Waals surface area contributed by atoms with Crippen molar-refractivity contribution in [2.45, 2.75) is 32.4 Å². The van der Waals surface area contributed by atoms with E-state index in [-0.39, 0.29) is 0 Å². The Morgan fingerprint density at radius 1 is 1.15 bits per heavy atom. The van der Waals surface area contributed by atoms with Crippen LogP contribution in [0, 0.1) is 0 Å². The summed E-state index contributed by atoms with van der Waals surface area (Å²) >= 11 is 0. The highest BCUT2D eigenvalue weighted by molar-refractivity contribution is 5.80. The van der Waals surface area contributed by atoms with E-state index in [1.54, 1.807) is 0 Å². The van der Waals surface area contributed by atoms with Crippen molar-refractivity contribution in [2.75, 3.05) is 44.7 Å². The van der Waals surface area contributed by atoms with Gasteiger partial charge in [-0.15, -0.1) is 0 Å². The van der Waals surface area contributed by atoms with Crippen LogP contribution < -0.4 is 15.5 Å². The molecule has 146 valence electrons. The molecule has 1 fully saturated rings. The SMILES string of the molecule is C=C(C)CN1CCC(NC(=NC)NCc2ccc(N3CC=CC3)cc2)CC1. The first-order valence-electron chi connectivity index (χ1n) is 9.97. The van der Waals surface area contributed by atoms with E-state index in [0.29, 0.717) is 6.04 Å². The number of nitrogens with one attached hydrogen (secondary N) is 2. The molecule has 3 rings (SSSR count). The van der Waals surface area contributed by atoms with Gasteiger partial charge >= 0.3 is 0 Å². The molecule has 2 N–H and O–H groups in total. The molecule has 0 amide bonds. The van der Waals surface area contributed by atoms with Crippen molar-refractivity contribution in [3.63, 3.8) is 0 Å². The highest BCUT2D eigenvalue weighted by atomic mass is 15.2. The largest absolute Gasteiger partial charge is 0.364 e. The molecule has 0 aliphatic carbocycles. The van der Waals surface area contributed by atoms with Gasteiger partial charge in [-0.05, 0) is 37.5 Å². The van der Waals surface area contributed by atoms with E-state index in [1.807, 2.05) is 7.05 Å². The number of guanidine groups is 1. The van der Waals surface area contributed by atoms with Crippen molar-refractivity contribution in [1.82, 2.24) is 15.5 Å². The summed E-state index contributed by atoms with van der Waals surface area (Å²) in [5, 5.41) is 7.03. The molecule has 1 saturated heterocycles. The number of nitrogens with zero attached hydrogens (tertiary/aromatic N) is 3. The lowest BCUT2D eigenvalue weighted by atomic mass is 10.0. The maximum Gasteiger partial charge on any atom is 0.191 e. The standard InChI is InChI=1S/C22H33N5/c1-18(2)17-26-14-10-20(11-15-26)25-22(23-3)24-16-19-6-8-21(9-7-19)27-12-4-5-13-27/h4-9,20H,1,10-17H2,2-3H3,(H2,23,24,25). The van der Waals surface area contributed by atoms with Gasteiger partial charge in [0.25, 0.3) is 0 Å². The topological polar surface area (TPSA) is 42.9 Å². The second kappa shape index (κ2) is 9.60. The smallest absolute Gasteiger partial charge is 0.191 e. The molecule has 1 aromatic carbocycles. The fourth-order valence-electron chi connectivity index (χ4n) is 3.70. The lowest BCUT2D eigenvalue weighted by Crippen LogP contribution is -2.48. The maximum absolute atomic E-state index is 4.40. The lowest BCUT2D eigenvalue weighted by Gasteiger charge is -2.33. The highest BCUT2D eigenvalue weighted by Crippen LogP contribution is 2.17. The summed E-state index contributed by atoms with van der Waals surface area (Å²) in [5.74, 6) is 0.890. The van der Waals surface area contributed by atoms with Crippen LogP contribution in [0.2, 0.25) is 0 Å². The molecule has 5 nitrogen and oxygen atoms in total. The van der Waals surface area contributed by atoms with Crippen molar-refractivity contribution >= 4 is 11.6 Å². The van der Waals surface area contributed by atoms with Crippen LogP contribution in [-0.2, 0) is 6.54 Å². The van der Waals surface area contributed by atoms with Gasteiger partial charge in [-0.3, -0.25) is 9.89 Å². The number of aliphatic imine (C=N–C) groups is 1. The third-order valence-electron chi connectivity index (χ3n) is 5.23. The summed E-state index contributed by atoms with van der Waals surface area (Å²) in [6.07, 6.45) is 6.72. The Kier molecular flexibility index (Phi) is 6.93. The molecular weight excluding hydrogens is 334 g/mol. The predicted molar refractivity (Wildman–Crippen MR) is 115 cm³/mol. The second-order valence-electron chi connectivity index (χ2n) is 7.62. The van der Waals surface area contributed by atoms with Gasteiger partial charge in [0.1, 0.15) is 0 Å². The van der Waals surface area contributed by atoms with E-state index in [2.05, 4.69) is 75.3 Å². The Morgan fingerprint density at radius 3 is 2.41 bits per heavy atom. The number of benzene rings is 1. The number of piperidine rings is 1. The Morgan fingerprint density at radius 2 is 1.81 bits per heavy atom. The molecule has 0 aromatic heterocycles. The van der Waals surface area contributed by atoms with E-state index < -0.39 is 0 Å². The second-order valence-corrected chi connectivity index (χ2v) is 7.62. The average Bonchev–Trinajstić information content (AvgIpc) is 3.21. The zero-order valence-corrected chi connectivity index (χ0v) is 16.7. The minimum absolute atomic E-state index is 0.489. The van der Waals surface area contributed by atoms with Gasteiger partial charge in [-0.25, -0.2) is 0 Å². The Bertz CT molecular complexity index is 660. The summed E-state index contributed by atoms with van der Waals surface area (Å²) in [6.45, 7) is 12.2. The molecule has 27 heavy (non-hydrogen) atoms. The number of anilines is 1. The molecule has 0 atom stereocenters. The number of rotatable bonds is 6. The van der Waals surface area contributed by atoms with Gasteiger partial charge in [-0.1, -0.05) is 36.4 Å². The van der Waals surface area contributed by atoms with E-state index >= 15 is 0 Å². The monoisotopic (exact) mass is 367 g/mol. The van der Waals surface area contributed by atoms with Crippen molar-refractivity contribution in [3.8, 4) is 0 Å². The first-order chi connectivity index (χ1) is 13.1. The van der Waals surface area contributed by atoms with Gasteiger partial charge < -0.3 is 15.5 Å². The minimum Gasteiger partial charge on any atom is -0.364 e. The minimum atomic E-state index is 0.489. The third kappa shape index (κ3) is 5.86. The van der Waals surface area contributed by atoms with Gasteiger partial charge in [0.05, 0.1) is 0 Å². The molecule has 0 bridgehead atoms. The molecular formula is C22H33N5. The first-order valence-corrected chi connectivity index (χ1v) is 9.97. The van der Waals surface area contributed by atoms with Crippen molar-refractivity contribution in [3.05, 3.63) is 54.1 Å². The van der Waals surface area contributed by atoms with E-state index in [4.69, 9.17) is 0 Å². The Hall–Kier alpha value is -2.27. The van der Waals surface area contributed by atoms with Crippen molar-refractivity contribution in [1.29, 1.82) is 0 Å². The zero-order valence-electron chi connectivity index (χ0n) is 16.7. The lowest BCUT2D eigenvalue weighted by molar-refractivity contribution is 0.221. The van der Waals surface area contributed by atoms with Crippen LogP contribution >= 0.6 is 0 Å². The first kappa shape index (κ1) is 19.5. The molecule has 2 heterocycles. The molecule has 1 aromatic rings. The number of likely N-dealkylation sites (tertiary alicyclic amines) is 1. The van der Waals surface area contributed by atoms with Crippen LogP contribution in [0.4, 0.5) is 5.69 Å². The van der Waals surface area contributed by atoms with Crippen LogP contribution in [-0.4, -0.2) is 56.7 Å². The summed E-state index contributed by atoms with van der Waals surface area (Å²) in [4.78, 5) is 9.23. The summed E-state index contributed by atoms with van der Waals surface area (Å²) in [6, 6.07) is 9.30. The fraction of sp³-hybridized carbons (Fsp3) is 0.500. The van der Waals surface area contributed by atoms with E-state index in [1.165, 1.54) is 16.8 Å². The van der Waals surface area contributed by atoms with Gasteiger partial charge in [0, 0.05) is 58.0 Å². The molecule has 0 radical (unpaired) electrons.